The number of amides is 1. The van der Waals surface area contributed by atoms with Gasteiger partial charge in [0.1, 0.15) is 0 Å². The molecule has 10 nitrogen and oxygen atoms in total. The minimum atomic E-state index is -1.12. The predicted octanol–water partition coefficient (Wildman–Crippen LogP) is 3.96. The lowest BCUT2D eigenvalue weighted by Crippen LogP contribution is -2.48. The van der Waals surface area contributed by atoms with Crippen LogP contribution in [0.1, 0.15) is 82.6 Å². The van der Waals surface area contributed by atoms with Gasteiger partial charge in [0.15, 0.2) is 12.4 Å². The Morgan fingerprint density at radius 2 is 1.54 bits per heavy atom. The zero-order valence-corrected chi connectivity index (χ0v) is 27.1. The number of aliphatic hydroxyl groups is 2. The Morgan fingerprint density at radius 3 is 1.82 bits per heavy atom. The molecule has 234 valence electrons. The van der Waals surface area contributed by atoms with Gasteiger partial charge in [0, 0.05) is 40.4 Å². The van der Waals surface area contributed by atoms with Crippen LogP contribution in [0.25, 0.3) is 0 Å². The zero-order chi connectivity index (χ0) is 31.4. The summed E-state index contributed by atoms with van der Waals surface area (Å²) in [4.78, 5) is 24.5. The molecule has 0 aromatic carbocycles. The van der Waals surface area contributed by atoms with Gasteiger partial charge in [0.2, 0.25) is 5.91 Å². The number of hydrogen-bond acceptors (Lipinski definition) is 9. The minimum Gasteiger partial charge on any atom is -0.457 e. The number of esters is 1. The number of methoxy groups -OCH3 is 3. The van der Waals surface area contributed by atoms with Crippen LogP contribution in [0.5, 0.6) is 0 Å². The van der Waals surface area contributed by atoms with Crippen LogP contribution in [0.2, 0.25) is 0 Å². The van der Waals surface area contributed by atoms with E-state index in [0.717, 1.165) is 0 Å². The summed E-state index contributed by atoms with van der Waals surface area (Å²) < 4.78 is 25.3. The molecule has 39 heavy (non-hydrogen) atoms. The monoisotopic (exact) mass is 565 g/mol. The SMILES string of the molecule is CC.CC(C)(CO)N1CC=CC1=O.CC(C)CC(=O)OC(C(C)OC(C)C)C(C)(C)O.COCC(OC)OC. The summed E-state index contributed by atoms with van der Waals surface area (Å²) >= 11 is 0. The van der Waals surface area contributed by atoms with Gasteiger partial charge >= 0.3 is 5.97 Å². The van der Waals surface area contributed by atoms with Gasteiger partial charge in [-0.15, -0.1) is 0 Å². The van der Waals surface area contributed by atoms with Gasteiger partial charge < -0.3 is 38.8 Å². The lowest BCUT2D eigenvalue weighted by atomic mass is 9.97. The Bertz CT molecular complexity index is 654. The van der Waals surface area contributed by atoms with Crippen LogP contribution in [-0.4, -0.2) is 104 Å². The molecule has 0 aliphatic carbocycles. The van der Waals surface area contributed by atoms with E-state index in [1.54, 1.807) is 46.2 Å². The largest absolute Gasteiger partial charge is 0.457 e. The Morgan fingerprint density at radius 1 is 1.03 bits per heavy atom. The zero-order valence-electron chi connectivity index (χ0n) is 27.1. The third kappa shape index (κ3) is 20.0. The van der Waals surface area contributed by atoms with Crippen LogP contribution in [0.4, 0.5) is 0 Å². The van der Waals surface area contributed by atoms with Crippen LogP contribution in [0, 0.1) is 5.92 Å². The molecule has 1 amide bonds. The summed E-state index contributed by atoms with van der Waals surface area (Å²) in [6, 6.07) is 0. The molecule has 2 unspecified atom stereocenters. The van der Waals surface area contributed by atoms with Crippen molar-refractivity contribution in [1.29, 1.82) is 0 Å². The minimum absolute atomic E-state index is 0.000417. The van der Waals surface area contributed by atoms with Crippen LogP contribution in [0.15, 0.2) is 12.2 Å². The molecule has 0 spiro atoms. The van der Waals surface area contributed by atoms with Gasteiger partial charge in [-0.1, -0.05) is 33.8 Å². The van der Waals surface area contributed by atoms with E-state index < -0.39 is 17.2 Å². The number of carbonyl (C=O) groups is 2. The number of hydrogen-bond donors (Lipinski definition) is 2. The quantitative estimate of drug-likeness (QED) is 0.252. The molecule has 0 aromatic rings. The highest BCUT2D eigenvalue weighted by atomic mass is 16.7. The molecule has 2 atom stereocenters. The lowest BCUT2D eigenvalue weighted by molar-refractivity contribution is -0.183. The maximum atomic E-state index is 11.7. The van der Waals surface area contributed by atoms with Crippen molar-refractivity contribution in [3.8, 4) is 0 Å². The number of ether oxygens (including phenoxy) is 5. The molecule has 1 aliphatic heterocycles. The molecular formula is C29H59NO9. The molecule has 1 rings (SSSR count). The number of aliphatic hydroxyl groups excluding tert-OH is 1. The Hall–Kier alpha value is -1.56. The number of nitrogens with zero attached hydrogens (tertiary/aromatic N) is 1. The molecule has 1 heterocycles. The molecule has 10 heteroatoms. The topological polar surface area (TPSA) is 124 Å². The van der Waals surface area contributed by atoms with Crippen LogP contribution >= 0.6 is 0 Å². The summed E-state index contributed by atoms with van der Waals surface area (Å²) in [5.74, 6) is -0.0679. The molecule has 2 N–H and O–H groups in total. The number of rotatable bonds is 13. The van der Waals surface area contributed by atoms with E-state index in [1.165, 1.54) is 6.08 Å². The first-order chi connectivity index (χ1) is 18.0. The van der Waals surface area contributed by atoms with Crippen molar-refractivity contribution in [1.82, 2.24) is 4.90 Å². The second kappa shape index (κ2) is 22.2. The smallest absolute Gasteiger partial charge is 0.306 e. The molecule has 0 bridgehead atoms. The van der Waals surface area contributed by atoms with E-state index in [2.05, 4.69) is 0 Å². The average Bonchev–Trinajstić information content (AvgIpc) is 3.28. The van der Waals surface area contributed by atoms with E-state index in [1.807, 2.05) is 62.3 Å². The van der Waals surface area contributed by atoms with Gasteiger partial charge in [-0.25, -0.2) is 0 Å². The summed E-state index contributed by atoms with van der Waals surface area (Å²) in [7, 11) is 4.76. The normalized spacial score (nSPS) is 14.7. The molecule has 0 saturated heterocycles. The van der Waals surface area contributed by atoms with Gasteiger partial charge in [-0.2, -0.15) is 0 Å². The van der Waals surface area contributed by atoms with E-state index in [9.17, 15) is 14.7 Å². The highest BCUT2D eigenvalue weighted by molar-refractivity contribution is 5.90. The summed E-state index contributed by atoms with van der Waals surface area (Å²) in [6.45, 7) is 21.6. The van der Waals surface area contributed by atoms with Gasteiger partial charge in [0.05, 0.1) is 36.6 Å². The lowest BCUT2D eigenvalue weighted by Gasteiger charge is -2.34. The highest BCUT2D eigenvalue weighted by Gasteiger charge is 2.36. The van der Waals surface area contributed by atoms with Crippen LogP contribution < -0.4 is 0 Å². The standard InChI is InChI=1S/C14H28O4.C8H13NO2.C5H12O3.C2H6/c1-9(2)8-12(15)18-13(14(6,7)16)11(5)17-10(3)4;1-8(2,6-10)9-5-3-4-7(9)11;1-6-4-5(7-2)8-3;1-2/h9-11,13,16H,8H2,1-7H3;3-4,10H,5-6H2,1-2H3;5H,4H2,1-3H3;1-2H3. The molecule has 1 aliphatic rings. The van der Waals surface area contributed by atoms with Crippen molar-refractivity contribution in [2.45, 2.75) is 118 Å². The second-order valence-electron chi connectivity index (χ2n) is 10.7. The van der Waals surface area contributed by atoms with Gasteiger partial charge in [0.25, 0.3) is 0 Å². The van der Waals surface area contributed by atoms with Gasteiger partial charge in [-0.3, -0.25) is 9.59 Å². The Kier molecular flexibility index (Phi) is 23.8. The first kappa shape index (κ1) is 41.9. The maximum Gasteiger partial charge on any atom is 0.306 e. The Labute approximate surface area is 238 Å². The van der Waals surface area contributed by atoms with Gasteiger partial charge in [-0.05, 0) is 54.4 Å². The van der Waals surface area contributed by atoms with E-state index in [0.29, 0.717) is 19.6 Å². The maximum absolute atomic E-state index is 11.7. The van der Waals surface area contributed by atoms with E-state index in [4.69, 9.17) is 28.8 Å². The first-order valence-corrected chi connectivity index (χ1v) is 13.7. The fraction of sp³-hybridized carbons (Fsp3) is 0.862. The fourth-order valence-corrected chi connectivity index (χ4v) is 3.28. The number of carbonyl (C=O) groups excluding carboxylic acids is 2. The van der Waals surface area contributed by atoms with Crippen molar-refractivity contribution in [3.63, 3.8) is 0 Å². The third-order valence-electron chi connectivity index (χ3n) is 5.20. The first-order valence-electron chi connectivity index (χ1n) is 13.7. The van der Waals surface area contributed by atoms with Crippen molar-refractivity contribution < 1.29 is 43.5 Å². The van der Waals surface area contributed by atoms with E-state index in [-0.39, 0.29) is 42.9 Å². The summed E-state index contributed by atoms with van der Waals surface area (Å²) in [5, 5.41) is 19.0. The summed E-state index contributed by atoms with van der Waals surface area (Å²) in [6.07, 6.45) is 2.49. The summed E-state index contributed by atoms with van der Waals surface area (Å²) in [5.41, 5.74) is -1.55. The van der Waals surface area contributed by atoms with Crippen LogP contribution in [-0.2, 0) is 33.3 Å². The molecule has 0 aromatic heterocycles. The van der Waals surface area contributed by atoms with E-state index >= 15 is 0 Å². The molecular weight excluding hydrogens is 506 g/mol. The molecule has 0 radical (unpaired) electrons. The average molecular weight is 566 g/mol. The fourth-order valence-electron chi connectivity index (χ4n) is 3.28. The van der Waals surface area contributed by atoms with Crippen molar-refractivity contribution >= 4 is 11.9 Å². The second-order valence-corrected chi connectivity index (χ2v) is 10.7. The highest BCUT2D eigenvalue weighted by Crippen LogP contribution is 2.21. The predicted molar refractivity (Wildman–Crippen MR) is 154 cm³/mol. The van der Waals surface area contributed by atoms with Crippen molar-refractivity contribution in [2.75, 3.05) is 41.1 Å². The molecule has 0 saturated carbocycles. The Balaban J connectivity index is -0.000000524. The van der Waals surface area contributed by atoms with Crippen molar-refractivity contribution in [2.24, 2.45) is 5.92 Å². The van der Waals surface area contributed by atoms with Crippen LogP contribution in [0.3, 0.4) is 0 Å². The third-order valence-corrected chi connectivity index (χ3v) is 5.20. The molecule has 0 fully saturated rings. The van der Waals surface area contributed by atoms with Crippen molar-refractivity contribution in [3.05, 3.63) is 12.2 Å².